The van der Waals surface area contributed by atoms with Crippen molar-refractivity contribution in [2.45, 2.75) is 12.9 Å². The number of hydrogen-bond donors (Lipinski definition) is 1. The molecule has 0 amide bonds. The van der Waals surface area contributed by atoms with Gasteiger partial charge in [-0.15, -0.1) is 18.3 Å². The minimum atomic E-state index is -4.77. The van der Waals surface area contributed by atoms with E-state index in [-0.39, 0.29) is 18.2 Å². The van der Waals surface area contributed by atoms with Crippen molar-refractivity contribution in [3.05, 3.63) is 65.7 Å². The Balaban J connectivity index is 1.71. The largest absolute Gasteiger partial charge is 0.573 e. The van der Waals surface area contributed by atoms with Crippen molar-refractivity contribution in [3.63, 3.8) is 0 Å². The summed E-state index contributed by atoms with van der Waals surface area (Å²) in [6.45, 7) is 0.208. The molecule has 0 fully saturated rings. The average Bonchev–Trinajstić information content (AvgIpc) is 3.11. The highest BCUT2D eigenvalue weighted by Gasteiger charge is 2.31. The van der Waals surface area contributed by atoms with Crippen molar-refractivity contribution in [1.82, 2.24) is 14.8 Å². The maximum Gasteiger partial charge on any atom is 0.573 e. The summed E-state index contributed by atoms with van der Waals surface area (Å²) in [5, 5.41) is 13.1. The quantitative estimate of drug-likeness (QED) is 0.625. The molecule has 0 saturated heterocycles. The van der Waals surface area contributed by atoms with Gasteiger partial charge in [0.05, 0.1) is 11.3 Å². The maximum atomic E-state index is 13.8. The molecule has 11 heteroatoms. The predicted octanol–water partition coefficient (Wildman–Crippen LogP) is 3.64. The Morgan fingerprint density at radius 3 is 2.48 bits per heavy atom. The fourth-order valence-corrected chi connectivity index (χ4v) is 2.53. The van der Waals surface area contributed by atoms with Crippen molar-refractivity contribution in [1.29, 1.82) is 0 Å². The second-order valence-electron chi connectivity index (χ2n) is 6.01. The van der Waals surface area contributed by atoms with Gasteiger partial charge in [0.2, 0.25) is 5.95 Å². The Hall–Kier alpha value is -3.63. The smallest absolute Gasteiger partial charge is 0.478 e. The van der Waals surface area contributed by atoms with Crippen LogP contribution in [0.2, 0.25) is 0 Å². The van der Waals surface area contributed by atoms with E-state index < -0.39 is 23.7 Å². The molecule has 0 atom stereocenters. The Kier molecular flexibility index (Phi) is 5.39. The molecule has 3 rings (SSSR count). The minimum Gasteiger partial charge on any atom is -0.478 e. The molecule has 1 N–H and O–H groups in total. The van der Waals surface area contributed by atoms with Crippen LogP contribution in [0.3, 0.4) is 0 Å². The van der Waals surface area contributed by atoms with Gasteiger partial charge in [-0.05, 0) is 42.0 Å². The van der Waals surface area contributed by atoms with E-state index in [1.807, 2.05) is 0 Å². The molecule has 3 aromatic rings. The van der Waals surface area contributed by atoms with Crippen LogP contribution in [-0.4, -0.2) is 39.3 Å². The van der Waals surface area contributed by atoms with Crippen LogP contribution in [-0.2, 0) is 6.54 Å². The third kappa shape index (κ3) is 5.00. The predicted molar refractivity (Wildman–Crippen MR) is 93.5 cm³/mol. The molecule has 0 aliphatic carbocycles. The van der Waals surface area contributed by atoms with Crippen LogP contribution in [0.4, 0.5) is 23.5 Å². The van der Waals surface area contributed by atoms with Gasteiger partial charge in [0, 0.05) is 13.6 Å². The van der Waals surface area contributed by atoms with E-state index in [0.717, 1.165) is 18.2 Å². The summed E-state index contributed by atoms with van der Waals surface area (Å²) >= 11 is 0. The highest BCUT2D eigenvalue weighted by molar-refractivity contribution is 5.87. The van der Waals surface area contributed by atoms with E-state index >= 15 is 0 Å². The summed E-state index contributed by atoms with van der Waals surface area (Å²) in [5.41, 5.74) is 0.556. The Labute approximate surface area is 161 Å². The number of alkyl halides is 3. The van der Waals surface area contributed by atoms with Crippen molar-refractivity contribution < 1.29 is 32.2 Å². The minimum absolute atomic E-state index is 0.208. The molecule has 2 aromatic carbocycles. The number of benzene rings is 2. The lowest BCUT2D eigenvalue weighted by Gasteiger charge is -2.15. The van der Waals surface area contributed by atoms with Gasteiger partial charge >= 0.3 is 12.3 Å². The topological polar surface area (TPSA) is 80.5 Å². The van der Waals surface area contributed by atoms with E-state index in [0.29, 0.717) is 11.3 Å². The number of nitrogens with zero attached hydrogens (tertiary/aromatic N) is 4. The van der Waals surface area contributed by atoms with E-state index in [1.54, 1.807) is 11.9 Å². The summed E-state index contributed by atoms with van der Waals surface area (Å²) in [6.07, 6.45) is -3.40. The van der Waals surface area contributed by atoms with Crippen LogP contribution in [0, 0.1) is 5.82 Å². The van der Waals surface area contributed by atoms with E-state index in [4.69, 9.17) is 5.11 Å². The molecule has 0 spiro atoms. The van der Waals surface area contributed by atoms with Gasteiger partial charge in [0.15, 0.2) is 0 Å². The molecule has 0 aliphatic heterocycles. The second kappa shape index (κ2) is 7.78. The van der Waals surface area contributed by atoms with Gasteiger partial charge in [-0.1, -0.05) is 6.07 Å². The number of carboxylic acids is 1. The van der Waals surface area contributed by atoms with Gasteiger partial charge in [0.1, 0.15) is 17.9 Å². The van der Waals surface area contributed by atoms with Crippen molar-refractivity contribution in [2.75, 3.05) is 11.9 Å². The maximum absolute atomic E-state index is 13.8. The van der Waals surface area contributed by atoms with E-state index in [2.05, 4.69) is 14.8 Å². The molecule has 1 aromatic heterocycles. The van der Waals surface area contributed by atoms with Gasteiger partial charge in [0.25, 0.3) is 0 Å². The number of anilines is 1. The van der Waals surface area contributed by atoms with Gasteiger partial charge < -0.3 is 14.7 Å². The highest BCUT2D eigenvalue weighted by Crippen LogP contribution is 2.24. The number of hydrogen-bond acceptors (Lipinski definition) is 5. The molecule has 7 nitrogen and oxygen atoms in total. The number of rotatable bonds is 6. The van der Waals surface area contributed by atoms with Crippen LogP contribution in [0.15, 0.2) is 48.8 Å². The zero-order chi connectivity index (χ0) is 21.2. The fraction of sp³-hybridized carbons (Fsp3) is 0.167. The molecular formula is C18H14F4N4O3. The third-order valence-corrected chi connectivity index (χ3v) is 3.84. The molecule has 0 aliphatic rings. The molecule has 1 heterocycles. The number of aromatic nitrogens is 3. The summed E-state index contributed by atoms with van der Waals surface area (Å²) < 4.78 is 55.6. The third-order valence-electron chi connectivity index (χ3n) is 3.84. The lowest BCUT2D eigenvalue weighted by molar-refractivity contribution is -0.274. The van der Waals surface area contributed by atoms with Crippen molar-refractivity contribution in [2.24, 2.45) is 0 Å². The lowest BCUT2D eigenvalue weighted by atomic mass is 10.1. The Morgan fingerprint density at radius 1 is 1.21 bits per heavy atom. The van der Waals surface area contributed by atoms with E-state index in [9.17, 15) is 22.4 Å². The number of carboxylic acid groups (broad SMARTS) is 1. The van der Waals surface area contributed by atoms with E-state index in [1.165, 1.54) is 35.3 Å². The van der Waals surface area contributed by atoms with Crippen LogP contribution in [0.5, 0.6) is 5.75 Å². The molecule has 29 heavy (non-hydrogen) atoms. The fourth-order valence-electron chi connectivity index (χ4n) is 2.53. The molecular weight excluding hydrogens is 396 g/mol. The van der Waals surface area contributed by atoms with Crippen molar-refractivity contribution in [3.8, 4) is 11.4 Å². The summed E-state index contributed by atoms with van der Waals surface area (Å²) in [5.74, 6) is -2.27. The second-order valence-corrected chi connectivity index (χ2v) is 6.01. The number of aromatic carboxylic acids is 1. The lowest BCUT2D eigenvalue weighted by Crippen LogP contribution is -2.18. The molecule has 0 radical (unpaired) electrons. The first-order chi connectivity index (χ1) is 13.6. The monoisotopic (exact) mass is 410 g/mol. The normalized spacial score (nSPS) is 11.3. The molecule has 152 valence electrons. The first kappa shape index (κ1) is 20.1. The summed E-state index contributed by atoms with van der Waals surface area (Å²) in [4.78, 5) is 16.6. The SMILES string of the molecule is CN(Cc1ccc(C(=O)O)c(F)c1)c1ncn(-c2ccc(OC(F)(F)F)cc2)n1. The summed E-state index contributed by atoms with van der Waals surface area (Å²) in [7, 11) is 1.66. The zero-order valence-corrected chi connectivity index (χ0v) is 14.9. The Morgan fingerprint density at radius 2 is 1.90 bits per heavy atom. The van der Waals surface area contributed by atoms with Crippen LogP contribution in [0.25, 0.3) is 5.69 Å². The van der Waals surface area contributed by atoms with Crippen LogP contribution in [0.1, 0.15) is 15.9 Å². The van der Waals surface area contributed by atoms with Gasteiger partial charge in [-0.2, -0.15) is 4.98 Å². The zero-order valence-electron chi connectivity index (χ0n) is 14.9. The number of carbonyl (C=O) groups is 1. The van der Waals surface area contributed by atoms with Crippen molar-refractivity contribution >= 4 is 11.9 Å². The first-order valence-corrected chi connectivity index (χ1v) is 8.13. The average molecular weight is 410 g/mol. The first-order valence-electron chi connectivity index (χ1n) is 8.13. The number of ether oxygens (including phenoxy) is 1. The number of halogens is 4. The standard InChI is InChI=1S/C18H14F4N4O3/c1-25(9-11-2-7-14(16(27)28)15(19)8-11)17-23-10-26(24-17)12-3-5-13(6-4-12)29-18(20,21)22/h2-8,10H,9H2,1H3,(H,27,28). The molecule has 0 saturated carbocycles. The highest BCUT2D eigenvalue weighted by atomic mass is 19.4. The van der Waals surface area contributed by atoms with Crippen LogP contribution < -0.4 is 9.64 Å². The Bertz CT molecular complexity index is 1020. The van der Waals surface area contributed by atoms with Crippen LogP contribution >= 0.6 is 0 Å². The molecule has 0 bridgehead atoms. The van der Waals surface area contributed by atoms with Gasteiger partial charge in [-0.3, -0.25) is 0 Å². The summed E-state index contributed by atoms with van der Waals surface area (Å²) in [6, 6.07) is 8.87. The molecule has 0 unspecified atom stereocenters. The van der Waals surface area contributed by atoms with Gasteiger partial charge in [-0.25, -0.2) is 13.9 Å².